The van der Waals surface area contributed by atoms with Gasteiger partial charge in [-0.1, -0.05) is 23.8 Å². The van der Waals surface area contributed by atoms with Gasteiger partial charge in [0, 0.05) is 6.42 Å². The molecule has 2 aromatic carbocycles. The van der Waals surface area contributed by atoms with Gasteiger partial charge in [0.2, 0.25) is 15.9 Å². The van der Waals surface area contributed by atoms with Gasteiger partial charge in [-0.2, -0.15) is 13.2 Å². The summed E-state index contributed by atoms with van der Waals surface area (Å²) in [5, 5.41) is 2.38. The van der Waals surface area contributed by atoms with Crippen molar-refractivity contribution in [3.05, 3.63) is 58.7 Å². The van der Waals surface area contributed by atoms with Gasteiger partial charge in [-0.15, -0.1) is 0 Å². The number of amides is 1. The van der Waals surface area contributed by atoms with E-state index >= 15 is 0 Å². The minimum Gasteiger partial charge on any atom is -0.324 e. The topological polar surface area (TPSA) is 75.3 Å². The Bertz CT molecular complexity index is 986. The molecule has 0 aliphatic carbocycles. The minimum absolute atomic E-state index is 0.0401. The molecule has 152 valence electrons. The Hall–Kier alpha value is -2.55. The molecule has 0 aliphatic heterocycles. The summed E-state index contributed by atoms with van der Waals surface area (Å²) in [6.45, 7) is 3.87. The lowest BCUT2D eigenvalue weighted by atomic mass is 10.0. The monoisotopic (exact) mass is 414 g/mol. The van der Waals surface area contributed by atoms with Gasteiger partial charge in [0.25, 0.3) is 0 Å². The molecular weight excluding hydrogens is 393 g/mol. The van der Waals surface area contributed by atoms with Crippen LogP contribution in [0.5, 0.6) is 0 Å². The third kappa shape index (κ3) is 6.26. The molecule has 28 heavy (non-hydrogen) atoms. The first-order valence-electron chi connectivity index (χ1n) is 8.40. The second-order valence-corrected chi connectivity index (χ2v) is 8.36. The fraction of sp³-hybridized carbons (Fsp3) is 0.316. The number of nitrogens with one attached hydrogen (secondary N) is 2. The maximum Gasteiger partial charge on any atom is 0.416 e. The van der Waals surface area contributed by atoms with E-state index in [0.717, 1.165) is 35.1 Å². The van der Waals surface area contributed by atoms with Crippen LogP contribution in [0.3, 0.4) is 0 Å². The third-order valence-corrected chi connectivity index (χ3v) is 4.63. The van der Waals surface area contributed by atoms with Gasteiger partial charge < -0.3 is 5.32 Å². The molecule has 0 saturated heterocycles. The standard InChI is InChI=1S/C19H21F3N2O3S/c1-12-4-5-14(13(2)10-12)6-9-18(25)23-17-11-15(19(20,21)22)7-8-16(17)24-28(3,26)27/h4-5,7-8,10-11,24H,6,9H2,1-3H3,(H,23,25). The Morgan fingerprint density at radius 1 is 1.04 bits per heavy atom. The van der Waals surface area contributed by atoms with Crippen LogP contribution in [0.1, 0.15) is 28.7 Å². The molecule has 0 bridgehead atoms. The number of anilines is 2. The van der Waals surface area contributed by atoms with Crippen LogP contribution >= 0.6 is 0 Å². The van der Waals surface area contributed by atoms with E-state index in [0.29, 0.717) is 12.5 Å². The van der Waals surface area contributed by atoms with Crippen molar-refractivity contribution in [2.75, 3.05) is 16.3 Å². The molecule has 0 fully saturated rings. The Kier molecular flexibility index (Phi) is 6.38. The van der Waals surface area contributed by atoms with Gasteiger partial charge in [0.15, 0.2) is 0 Å². The quantitative estimate of drug-likeness (QED) is 0.742. The lowest BCUT2D eigenvalue weighted by Crippen LogP contribution is -2.17. The van der Waals surface area contributed by atoms with Crippen molar-refractivity contribution >= 4 is 27.3 Å². The van der Waals surface area contributed by atoms with E-state index in [1.807, 2.05) is 32.0 Å². The molecule has 5 nitrogen and oxygen atoms in total. The highest BCUT2D eigenvalue weighted by Crippen LogP contribution is 2.34. The fourth-order valence-corrected chi connectivity index (χ4v) is 3.28. The largest absolute Gasteiger partial charge is 0.416 e. The van der Waals surface area contributed by atoms with Crippen LogP contribution in [0.2, 0.25) is 0 Å². The van der Waals surface area contributed by atoms with E-state index < -0.39 is 27.7 Å². The van der Waals surface area contributed by atoms with Crippen molar-refractivity contribution in [3.63, 3.8) is 0 Å². The SMILES string of the molecule is Cc1ccc(CCC(=O)Nc2cc(C(F)(F)F)ccc2NS(C)(=O)=O)c(C)c1. The molecule has 0 aromatic heterocycles. The summed E-state index contributed by atoms with van der Waals surface area (Å²) in [6.07, 6.45) is -3.30. The van der Waals surface area contributed by atoms with Gasteiger partial charge in [0.1, 0.15) is 0 Å². The molecule has 0 spiro atoms. The van der Waals surface area contributed by atoms with Gasteiger partial charge in [-0.3, -0.25) is 9.52 Å². The number of hydrogen-bond donors (Lipinski definition) is 2. The summed E-state index contributed by atoms with van der Waals surface area (Å²) in [5.41, 5.74) is 1.70. The van der Waals surface area contributed by atoms with Crippen molar-refractivity contribution in [1.29, 1.82) is 0 Å². The van der Waals surface area contributed by atoms with Crippen LogP contribution in [0.4, 0.5) is 24.5 Å². The lowest BCUT2D eigenvalue weighted by molar-refractivity contribution is -0.137. The molecule has 0 atom stereocenters. The Morgan fingerprint density at radius 2 is 1.71 bits per heavy atom. The first-order chi connectivity index (χ1) is 12.8. The molecule has 2 aromatic rings. The Morgan fingerprint density at radius 3 is 2.29 bits per heavy atom. The molecule has 0 unspecified atom stereocenters. The first-order valence-corrected chi connectivity index (χ1v) is 10.3. The van der Waals surface area contributed by atoms with Crippen molar-refractivity contribution in [3.8, 4) is 0 Å². The summed E-state index contributed by atoms with van der Waals surface area (Å²) in [7, 11) is -3.73. The zero-order valence-corrected chi connectivity index (χ0v) is 16.5. The average molecular weight is 414 g/mol. The molecule has 2 rings (SSSR count). The van der Waals surface area contributed by atoms with E-state index in [1.165, 1.54) is 0 Å². The zero-order chi connectivity index (χ0) is 21.1. The van der Waals surface area contributed by atoms with Crippen LogP contribution in [0.15, 0.2) is 36.4 Å². The van der Waals surface area contributed by atoms with Crippen LogP contribution in [0, 0.1) is 13.8 Å². The van der Waals surface area contributed by atoms with Crippen molar-refractivity contribution in [2.45, 2.75) is 32.9 Å². The van der Waals surface area contributed by atoms with Crippen LogP contribution in [-0.2, 0) is 27.4 Å². The normalized spacial score (nSPS) is 11.9. The fourth-order valence-electron chi connectivity index (χ4n) is 2.70. The number of carbonyl (C=O) groups excluding carboxylic acids is 1. The Labute approximate surface area is 162 Å². The number of hydrogen-bond acceptors (Lipinski definition) is 3. The predicted octanol–water partition coefficient (Wildman–Crippen LogP) is 4.27. The molecular formula is C19H21F3N2O3S. The van der Waals surface area contributed by atoms with E-state index in [-0.39, 0.29) is 17.8 Å². The number of carbonyl (C=O) groups is 1. The van der Waals surface area contributed by atoms with Crippen molar-refractivity contribution in [2.24, 2.45) is 0 Å². The molecule has 0 saturated carbocycles. The second-order valence-electron chi connectivity index (χ2n) is 6.61. The van der Waals surface area contributed by atoms with E-state index in [2.05, 4.69) is 10.0 Å². The molecule has 1 amide bonds. The molecule has 0 aliphatic rings. The summed E-state index contributed by atoms with van der Waals surface area (Å²) in [5.74, 6) is -0.518. The van der Waals surface area contributed by atoms with Gasteiger partial charge in [0.05, 0.1) is 23.2 Å². The molecule has 9 heteroatoms. The first kappa shape index (κ1) is 21.7. The minimum atomic E-state index is -4.62. The summed E-state index contributed by atoms with van der Waals surface area (Å²) >= 11 is 0. The summed E-state index contributed by atoms with van der Waals surface area (Å²) in [6, 6.07) is 8.24. The highest BCUT2D eigenvalue weighted by Gasteiger charge is 2.31. The van der Waals surface area contributed by atoms with E-state index in [4.69, 9.17) is 0 Å². The second kappa shape index (κ2) is 8.22. The number of sulfonamides is 1. The highest BCUT2D eigenvalue weighted by molar-refractivity contribution is 7.92. The van der Waals surface area contributed by atoms with Gasteiger partial charge in [-0.05, 0) is 49.6 Å². The molecule has 2 N–H and O–H groups in total. The summed E-state index contributed by atoms with van der Waals surface area (Å²) in [4.78, 5) is 12.3. The van der Waals surface area contributed by atoms with Gasteiger partial charge >= 0.3 is 6.18 Å². The van der Waals surface area contributed by atoms with Gasteiger partial charge in [-0.25, -0.2) is 8.42 Å². The number of alkyl halides is 3. The highest BCUT2D eigenvalue weighted by atomic mass is 32.2. The number of aryl methyl sites for hydroxylation is 3. The maximum atomic E-state index is 13.0. The summed E-state index contributed by atoms with van der Waals surface area (Å²) < 4.78 is 63.9. The smallest absolute Gasteiger partial charge is 0.324 e. The Balaban J connectivity index is 2.20. The number of rotatable bonds is 6. The van der Waals surface area contributed by atoms with Crippen molar-refractivity contribution < 1.29 is 26.4 Å². The van der Waals surface area contributed by atoms with E-state index in [1.54, 1.807) is 0 Å². The van der Waals surface area contributed by atoms with Crippen LogP contribution < -0.4 is 10.0 Å². The number of halogens is 3. The molecule has 0 heterocycles. The lowest BCUT2D eigenvalue weighted by Gasteiger charge is -2.15. The van der Waals surface area contributed by atoms with Crippen LogP contribution in [-0.4, -0.2) is 20.6 Å². The van der Waals surface area contributed by atoms with Crippen molar-refractivity contribution in [1.82, 2.24) is 0 Å². The number of benzene rings is 2. The van der Waals surface area contributed by atoms with E-state index in [9.17, 15) is 26.4 Å². The maximum absolute atomic E-state index is 13.0. The zero-order valence-electron chi connectivity index (χ0n) is 15.6. The predicted molar refractivity (Wildman–Crippen MR) is 103 cm³/mol. The average Bonchev–Trinajstić information content (AvgIpc) is 2.53. The third-order valence-electron chi connectivity index (χ3n) is 4.04. The molecule has 0 radical (unpaired) electrons. The van der Waals surface area contributed by atoms with Crippen LogP contribution in [0.25, 0.3) is 0 Å².